The minimum absolute atomic E-state index is 0.124. The minimum atomic E-state index is -1.02. The molecule has 5 heteroatoms. The van der Waals surface area contributed by atoms with Crippen molar-refractivity contribution in [3.63, 3.8) is 0 Å². The van der Waals surface area contributed by atoms with Crippen LogP contribution in [0.4, 0.5) is 4.79 Å². The van der Waals surface area contributed by atoms with Crippen molar-refractivity contribution in [3.8, 4) is 12.3 Å². The summed E-state index contributed by atoms with van der Waals surface area (Å²) in [5.41, 5.74) is 0. The Morgan fingerprint density at radius 3 is 2.28 bits per heavy atom. The van der Waals surface area contributed by atoms with E-state index in [-0.39, 0.29) is 12.0 Å². The average molecular weight is 254 g/mol. The average Bonchev–Trinajstić information content (AvgIpc) is 2.34. The second kappa shape index (κ2) is 8.40. The number of aliphatic carboxylic acids is 1. The first-order valence-corrected chi connectivity index (χ1v) is 6.19. The highest BCUT2D eigenvalue weighted by Crippen LogP contribution is 2.08. The van der Waals surface area contributed by atoms with Gasteiger partial charge in [-0.05, 0) is 12.3 Å². The molecule has 5 nitrogen and oxygen atoms in total. The number of nitrogens with one attached hydrogen (secondary N) is 2. The Morgan fingerprint density at radius 2 is 1.89 bits per heavy atom. The lowest BCUT2D eigenvalue weighted by atomic mass is 9.99. The summed E-state index contributed by atoms with van der Waals surface area (Å²) in [6.07, 6.45) is 7.01. The summed E-state index contributed by atoms with van der Waals surface area (Å²) >= 11 is 0. The highest BCUT2D eigenvalue weighted by atomic mass is 16.4. The number of carbonyl (C=O) groups is 2. The number of rotatable bonds is 7. The Hall–Kier alpha value is -1.70. The van der Waals surface area contributed by atoms with Crippen LogP contribution in [0.2, 0.25) is 0 Å². The van der Waals surface area contributed by atoms with Crippen LogP contribution in [0.1, 0.15) is 40.0 Å². The van der Waals surface area contributed by atoms with Crippen LogP contribution in [0, 0.1) is 18.3 Å². The van der Waals surface area contributed by atoms with E-state index in [1.807, 2.05) is 13.8 Å². The second-order valence-corrected chi connectivity index (χ2v) is 4.33. The van der Waals surface area contributed by atoms with Gasteiger partial charge in [0.1, 0.15) is 6.04 Å². The van der Waals surface area contributed by atoms with Crippen LogP contribution in [0.3, 0.4) is 0 Å². The van der Waals surface area contributed by atoms with Crippen molar-refractivity contribution >= 4 is 12.0 Å². The van der Waals surface area contributed by atoms with E-state index in [9.17, 15) is 9.59 Å². The van der Waals surface area contributed by atoms with Crippen molar-refractivity contribution in [1.82, 2.24) is 10.6 Å². The van der Waals surface area contributed by atoms with E-state index >= 15 is 0 Å². The molecule has 0 aliphatic rings. The second-order valence-electron chi connectivity index (χ2n) is 4.33. The van der Waals surface area contributed by atoms with E-state index in [0.717, 1.165) is 0 Å². The zero-order chi connectivity index (χ0) is 14.1. The van der Waals surface area contributed by atoms with Crippen LogP contribution in [-0.2, 0) is 4.79 Å². The summed E-state index contributed by atoms with van der Waals surface area (Å²) in [5.74, 6) is 1.33. The predicted octanol–water partition coefficient (Wildman–Crippen LogP) is 1.59. The van der Waals surface area contributed by atoms with Gasteiger partial charge in [0.25, 0.3) is 0 Å². The highest BCUT2D eigenvalue weighted by Gasteiger charge is 2.25. The number of carboxylic acid groups (broad SMARTS) is 1. The lowest BCUT2D eigenvalue weighted by Crippen LogP contribution is -2.51. The maximum atomic E-state index is 11.7. The van der Waals surface area contributed by atoms with Gasteiger partial charge in [0.05, 0.1) is 0 Å². The van der Waals surface area contributed by atoms with Crippen LogP contribution in [0.5, 0.6) is 0 Å². The zero-order valence-corrected chi connectivity index (χ0v) is 11.2. The van der Waals surface area contributed by atoms with Gasteiger partial charge in [-0.15, -0.1) is 12.3 Å². The zero-order valence-electron chi connectivity index (χ0n) is 11.2. The predicted molar refractivity (Wildman–Crippen MR) is 70.1 cm³/mol. The van der Waals surface area contributed by atoms with E-state index in [0.29, 0.717) is 19.3 Å². The molecule has 0 aliphatic heterocycles. The molecular formula is C13H22N2O3. The lowest BCUT2D eigenvalue weighted by Gasteiger charge is -2.22. The van der Waals surface area contributed by atoms with E-state index in [1.165, 1.54) is 0 Å². The summed E-state index contributed by atoms with van der Waals surface area (Å²) in [4.78, 5) is 22.7. The smallest absolute Gasteiger partial charge is 0.326 e. The SMILES string of the molecule is C#CCC(CC)NC(=O)N[C@H](C(=O)O)[C@@H](C)CC. The van der Waals surface area contributed by atoms with Crippen molar-refractivity contribution in [1.29, 1.82) is 0 Å². The third-order valence-corrected chi connectivity index (χ3v) is 2.96. The molecule has 0 saturated carbocycles. The first-order chi connectivity index (χ1) is 8.46. The van der Waals surface area contributed by atoms with Gasteiger partial charge in [0.2, 0.25) is 0 Å². The van der Waals surface area contributed by atoms with Gasteiger partial charge in [-0.2, -0.15) is 0 Å². The Kier molecular flexibility index (Phi) is 7.61. The molecule has 0 spiro atoms. The molecule has 0 aromatic heterocycles. The summed E-state index contributed by atoms with van der Waals surface area (Å²) in [5, 5.41) is 14.2. The molecule has 0 aromatic rings. The lowest BCUT2D eigenvalue weighted by molar-refractivity contribution is -0.140. The molecule has 0 aromatic carbocycles. The summed E-state index contributed by atoms with van der Waals surface area (Å²) in [6, 6.07) is -1.48. The van der Waals surface area contributed by atoms with E-state index in [1.54, 1.807) is 6.92 Å². The van der Waals surface area contributed by atoms with Crippen molar-refractivity contribution in [2.45, 2.75) is 52.1 Å². The Labute approximate surface area is 108 Å². The van der Waals surface area contributed by atoms with Crippen LogP contribution < -0.4 is 10.6 Å². The van der Waals surface area contributed by atoms with Gasteiger partial charge >= 0.3 is 12.0 Å². The maximum Gasteiger partial charge on any atom is 0.326 e. The van der Waals surface area contributed by atoms with E-state index in [2.05, 4.69) is 16.6 Å². The fourth-order valence-electron chi connectivity index (χ4n) is 1.49. The largest absolute Gasteiger partial charge is 0.480 e. The van der Waals surface area contributed by atoms with Gasteiger partial charge in [0, 0.05) is 12.5 Å². The number of hydrogen-bond donors (Lipinski definition) is 3. The molecule has 2 amide bonds. The number of urea groups is 1. The molecule has 0 heterocycles. The number of carbonyl (C=O) groups excluding carboxylic acids is 1. The van der Waals surface area contributed by atoms with E-state index in [4.69, 9.17) is 11.5 Å². The molecule has 0 saturated heterocycles. The monoisotopic (exact) mass is 254 g/mol. The molecule has 3 atom stereocenters. The van der Waals surface area contributed by atoms with Crippen LogP contribution in [0.15, 0.2) is 0 Å². The molecule has 0 radical (unpaired) electrons. The molecule has 3 N–H and O–H groups in total. The summed E-state index contributed by atoms with van der Waals surface area (Å²) in [7, 11) is 0. The first-order valence-electron chi connectivity index (χ1n) is 6.19. The fraction of sp³-hybridized carbons (Fsp3) is 0.692. The van der Waals surface area contributed by atoms with Gasteiger partial charge in [-0.25, -0.2) is 9.59 Å². The Bertz CT molecular complexity index is 323. The van der Waals surface area contributed by atoms with Crippen LogP contribution >= 0.6 is 0 Å². The molecule has 0 aliphatic carbocycles. The summed E-state index contributed by atoms with van der Waals surface area (Å²) < 4.78 is 0. The van der Waals surface area contributed by atoms with Crippen molar-refractivity contribution in [2.24, 2.45) is 5.92 Å². The minimum Gasteiger partial charge on any atom is -0.480 e. The molecule has 0 rings (SSSR count). The van der Waals surface area contributed by atoms with Gasteiger partial charge in [0.15, 0.2) is 0 Å². The number of hydrogen-bond acceptors (Lipinski definition) is 2. The maximum absolute atomic E-state index is 11.7. The number of carboxylic acids is 1. The van der Waals surface area contributed by atoms with Crippen molar-refractivity contribution in [3.05, 3.63) is 0 Å². The van der Waals surface area contributed by atoms with Crippen LogP contribution in [0.25, 0.3) is 0 Å². The first kappa shape index (κ1) is 16.3. The molecule has 18 heavy (non-hydrogen) atoms. The summed E-state index contributed by atoms with van der Waals surface area (Å²) in [6.45, 7) is 5.58. The normalized spacial score (nSPS) is 15.0. The molecule has 1 unspecified atom stereocenters. The number of amides is 2. The van der Waals surface area contributed by atoms with Crippen LogP contribution in [-0.4, -0.2) is 29.2 Å². The van der Waals surface area contributed by atoms with E-state index < -0.39 is 18.0 Å². The molecular weight excluding hydrogens is 232 g/mol. The highest BCUT2D eigenvalue weighted by molar-refractivity contribution is 5.82. The molecule has 0 fully saturated rings. The van der Waals surface area contributed by atoms with Gasteiger partial charge < -0.3 is 15.7 Å². The van der Waals surface area contributed by atoms with Gasteiger partial charge in [-0.3, -0.25) is 0 Å². The number of terminal acetylenes is 1. The Balaban J connectivity index is 4.43. The Morgan fingerprint density at radius 1 is 1.28 bits per heavy atom. The molecule has 0 bridgehead atoms. The quantitative estimate of drug-likeness (QED) is 0.604. The topological polar surface area (TPSA) is 78.4 Å². The standard InChI is InChI=1S/C13H22N2O3/c1-5-8-10(7-3)14-13(18)15-11(12(16)17)9(4)6-2/h1,9-11H,6-8H2,2-4H3,(H,16,17)(H2,14,15,18)/t9-,10?,11-/m0/s1. The van der Waals surface area contributed by atoms with Crippen molar-refractivity contribution in [2.75, 3.05) is 0 Å². The third kappa shape index (κ3) is 5.58. The van der Waals surface area contributed by atoms with Crippen molar-refractivity contribution < 1.29 is 14.7 Å². The fourth-order valence-corrected chi connectivity index (χ4v) is 1.49. The third-order valence-electron chi connectivity index (χ3n) is 2.96. The van der Waals surface area contributed by atoms with Gasteiger partial charge in [-0.1, -0.05) is 27.2 Å². The molecule has 102 valence electrons.